The van der Waals surface area contributed by atoms with Crippen LogP contribution in [0.3, 0.4) is 0 Å². The zero-order valence-electron chi connectivity index (χ0n) is 18.3. The van der Waals surface area contributed by atoms with Crippen molar-refractivity contribution < 1.29 is 4.39 Å². The summed E-state index contributed by atoms with van der Waals surface area (Å²) in [6.07, 6.45) is 3.31. The second kappa shape index (κ2) is 11.2. The zero-order valence-corrected chi connectivity index (χ0v) is 20.7. The third-order valence-electron chi connectivity index (χ3n) is 5.30. The van der Waals surface area contributed by atoms with E-state index in [0.29, 0.717) is 13.1 Å². The Morgan fingerprint density at radius 1 is 1.12 bits per heavy atom. The Labute approximate surface area is 204 Å². The largest absolute Gasteiger partial charge is 0.368 e. The van der Waals surface area contributed by atoms with Gasteiger partial charge < -0.3 is 20.4 Å². The van der Waals surface area contributed by atoms with Gasteiger partial charge in [0.05, 0.1) is 18.1 Å². The summed E-state index contributed by atoms with van der Waals surface area (Å²) < 4.78 is 14.9. The molecule has 4 rings (SSSR count). The van der Waals surface area contributed by atoms with Gasteiger partial charge in [0.15, 0.2) is 11.6 Å². The van der Waals surface area contributed by atoms with E-state index in [0.717, 1.165) is 61.2 Å². The first-order chi connectivity index (χ1) is 15.2. The van der Waals surface area contributed by atoms with Gasteiger partial charge in [0, 0.05) is 52.0 Å². The predicted molar refractivity (Wildman–Crippen MR) is 136 cm³/mol. The standard InChI is InChI=1S/C21H28FN9.HI/c1-3-23-21(31-12-10-30(11-13-31)17-6-4-16(22)5-7-17)25-9-8-24-19-18-14-28-29(2)20(18)27-15-26-19;/h4-7,14-15H,3,8-13H2,1-2H3,(H,23,25)(H,24,26,27);1H. The first-order valence-electron chi connectivity index (χ1n) is 10.6. The van der Waals surface area contributed by atoms with Gasteiger partial charge in [-0.15, -0.1) is 24.0 Å². The van der Waals surface area contributed by atoms with Gasteiger partial charge in [0.1, 0.15) is 18.0 Å². The highest BCUT2D eigenvalue weighted by molar-refractivity contribution is 14.0. The Morgan fingerprint density at radius 3 is 2.59 bits per heavy atom. The quantitative estimate of drug-likeness (QED) is 0.210. The maximum absolute atomic E-state index is 13.2. The Kier molecular flexibility index (Phi) is 8.42. The van der Waals surface area contributed by atoms with E-state index < -0.39 is 0 Å². The lowest BCUT2D eigenvalue weighted by Gasteiger charge is -2.37. The molecule has 0 saturated carbocycles. The molecule has 2 N–H and O–H groups in total. The zero-order chi connectivity index (χ0) is 21.6. The molecule has 11 heteroatoms. The fraction of sp³-hybridized carbons (Fsp3) is 0.429. The van der Waals surface area contributed by atoms with Crippen LogP contribution < -0.4 is 15.5 Å². The molecule has 0 unspecified atom stereocenters. The van der Waals surface area contributed by atoms with E-state index in [-0.39, 0.29) is 29.8 Å². The Hall–Kier alpha value is -2.70. The molecule has 1 fully saturated rings. The van der Waals surface area contributed by atoms with Gasteiger partial charge in [-0.25, -0.2) is 14.4 Å². The molecule has 0 radical (unpaired) electrons. The molecular formula is C21H29FIN9. The number of aliphatic imine (C=N–C) groups is 1. The van der Waals surface area contributed by atoms with Crippen LogP contribution in [0.4, 0.5) is 15.9 Å². The normalized spacial score (nSPS) is 14.4. The fourth-order valence-corrected chi connectivity index (χ4v) is 3.69. The molecule has 0 atom stereocenters. The minimum atomic E-state index is -0.205. The van der Waals surface area contributed by atoms with Crippen molar-refractivity contribution in [3.8, 4) is 0 Å². The second-order valence-electron chi connectivity index (χ2n) is 7.34. The number of guanidine groups is 1. The van der Waals surface area contributed by atoms with E-state index in [9.17, 15) is 4.39 Å². The predicted octanol–water partition coefficient (Wildman–Crippen LogP) is 2.32. The molecule has 1 saturated heterocycles. The van der Waals surface area contributed by atoms with Crippen molar-refractivity contribution in [2.45, 2.75) is 6.92 Å². The SMILES string of the molecule is CCNC(=NCCNc1ncnc2c1cnn2C)N1CCN(c2ccc(F)cc2)CC1.I. The molecule has 0 spiro atoms. The van der Waals surface area contributed by atoms with Gasteiger partial charge in [-0.1, -0.05) is 0 Å². The molecule has 1 aliphatic heterocycles. The first-order valence-corrected chi connectivity index (χ1v) is 10.6. The van der Waals surface area contributed by atoms with Crippen LogP contribution in [0, 0.1) is 5.82 Å². The number of aromatic nitrogens is 4. The summed E-state index contributed by atoms with van der Waals surface area (Å²) in [5.74, 6) is 1.48. The Balaban J connectivity index is 0.00000289. The van der Waals surface area contributed by atoms with E-state index in [1.165, 1.54) is 12.1 Å². The lowest BCUT2D eigenvalue weighted by Crippen LogP contribution is -2.52. The first kappa shape index (κ1) is 24.0. The maximum Gasteiger partial charge on any atom is 0.194 e. The highest BCUT2D eigenvalue weighted by atomic mass is 127. The third kappa shape index (κ3) is 5.56. The van der Waals surface area contributed by atoms with E-state index in [1.807, 2.05) is 19.2 Å². The molecule has 1 aliphatic rings. The summed E-state index contributed by atoms with van der Waals surface area (Å²) in [6, 6.07) is 6.69. The second-order valence-corrected chi connectivity index (χ2v) is 7.34. The molecule has 2 aromatic heterocycles. The number of hydrogen-bond donors (Lipinski definition) is 2. The number of hydrogen-bond acceptors (Lipinski definition) is 6. The van der Waals surface area contributed by atoms with Gasteiger partial charge in [-0.2, -0.15) is 5.10 Å². The van der Waals surface area contributed by atoms with E-state index in [1.54, 1.807) is 17.2 Å². The van der Waals surface area contributed by atoms with Crippen molar-refractivity contribution in [3.05, 3.63) is 42.6 Å². The minimum Gasteiger partial charge on any atom is -0.368 e. The van der Waals surface area contributed by atoms with Crippen LogP contribution in [0.1, 0.15) is 6.92 Å². The van der Waals surface area contributed by atoms with Crippen molar-refractivity contribution in [3.63, 3.8) is 0 Å². The average molecular weight is 553 g/mol. The van der Waals surface area contributed by atoms with Crippen LogP contribution in [0.15, 0.2) is 41.8 Å². The number of aryl methyl sites for hydroxylation is 1. The van der Waals surface area contributed by atoms with E-state index >= 15 is 0 Å². The van der Waals surface area contributed by atoms with Crippen LogP contribution in [0.5, 0.6) is 0 Å². The van der Waals surface area contributed by atoms with Gasteiger partial charge in [-0.05, 0) is 31.2 Å². The van der Waals surface area contributed by atoms with Gasteiger partial charge in [-0.3, -0.25) is 9.67 Å². The number of piperazine rings is 1. The molecule has 3 heterocycles. The summed E-state index contributed by atoms with van der Waals surface area (Å²) in [6.45, 7) is 7.62. The van der Waals surface area contributed by atoms with Crippen LogP contribution in [-0.2, 0) is 7.05 Å². The lowest BCUT2D eigenvalue weighted by atomic mass is 10.2. The molecule has 0 bridgehead atoms. The highest BCUT2D eigenvalue weighted by Crippen LogP contribution is 2.18. The fourth-order valence-electron chi connectivity index (χ4n) is 3.69. The number of fused-ring (bicyclic) bond motifs is 1. The van der Waals surface area contributed by atoms with Crippen molar-refractivity contribution in [1.82, 2.24) is 30.0 Å². The number of nitrogens with one attached hydrogen (secondary N) is 2. The average Bonchev–Trinajstić information content (AvgIpc) is 3.18. The van der Waals surface area contributed by atoms with Gasteiger partial charge in [0.2, 0.25) is 0 Å². The molecule has 0 amide bonds. The van der Waals surface area contributed by atoms with Crippen LogP contribution >= 0.6 is 24.0 Å². The molecule has 32 heavy (non-hydrogen) atoms. The van der Waals surface area contributed by atoms with Crippen molar-refractivity contribution in [2.24, 2.45) is 12.0 Å². The molecular weight excluding hydrogens is 524 g/mol. The minimum absolute atomic E-state index is 0. The van der Waals surface area contributed by atoms with Gasteiger partial charge in [0.25, 0.3) is 0 Å². The van der Waals surface area contributed by atoms with Gasteiger partial charge >= 0.3 is 0 Å². The molecule has 0 aliphatic carbocycles. The Bertz CT molecular complexity index is 1030. The summed E-state index contributed by atoms with van der Waals surface area (Å²) in [4.78, 5) is 17.9. The van der Waals surface area contributed by atoms with E-state index in [2.05, 4.69) is 42.4 Å². The number of halogens is 2. The van der Waals surface area contributed by atoms with Crippen LogP contribution in [0.25, 0.3) is 11.0 Å². The van der Waals surface area contributed by atoms with Crippen molar-refractivity contribution in [2.75, 3.05) is 56.0 Å². The van der Waals surface area contributed by atoms with E-state index in [4.69, 9.17) is 4.99 Å². The number of rotatable bonds is 6. The molecule has 9 nitrogen and oxygen atoms in total. The number of anilines is 2. The number of nitrogens with zero attached hydrogens (tertiary/aromatic N) is 7. The summed E-state index contributed by atoms with van der Waals surface area (Å²) in [5.41, 5.74) is 1.85. The monoisotopic (exact) mass is 553 g/mol. The van der Waals surface area contributed by atoms with Crippen LogP contribution in [0.2, 0.25) is 0 Å². The molecule has 172 valence electrons. The molecule has 3 aromatic rings. The Morgan fingerprint density at radius 2 is 1.88 bits per heavy atom. The topological polar surface area (TPSA) is 86.5 Å². The third-order valence-corrected chi connectivity index (χ3v) is 5.30. The van der Waals surface area contributed by atoms with Crippen molar-refractivity contribution >= 4 is 52.5 Å². The van der Waals surface area contributed by atoms with Crippen LogP contribution in [-0.4, -0.2) is 76.4 Å². The smallest absolute Gasteiger partial charge is 0.194 e. The lowest BCUT2D eigenvalue weighted by molar-refractivity contribution is 0.373. The molecule has 1 aromatic carbocycles. The van der Waals surface area contributed by atoms with Crippen molar-refractivity contribution in [1.29, 1.82) is 0 Å². The summed E-state index contributed by atoms with van der Waals surface area (Å²) in [7, 11) is 1.86. The number of benzene rings is 1. The highest BCUT2D eigenvalue weighted by Gasteiger charge is 2.19. The maximum atomic E-state index is 13.2. The summed E-state index contributed by atoms with van der Waals surface area (Å²) >= 11 is 0. The summed E-state index contributed by atoms with van der Waals surface area (Å²) in [5, 5.41) is 11.9.